The van der Waals surface area contributed by atoms with Gasteiger partial charge in [-0.3, -0.25) is 4.79 Å². The van der Waals surface area contributed by atoms with Crippen molar-refractivity contribution in [2.75, 3.05) is 17.7 Å². The van der Waals surface area contributed by atoms with Gasteiger partial charge in [-0.05, 0) is 30.0 Å². The molecule has 0 aliphatic carbocycles. The Morgan fingerprint density at radius 2 is 1.88 bits per heavy atom. The number of carbonyl (C=O) groups is 1. The maximum absolute atomic E-state index is 11.4. The summed E-state index contributed by atoms with van der Waals surface area (Å²) in [7, 11) is 1.77. The summed E-state index contributed by atoms with van der Waals surface area (Å²) in [6, 6.07) is 8.13. The molecule has 2 nitrogen and oxygen atoms in total. The maximum Gasteiger partial charge on any atom is 0.236 e. The van der Waals surface area contributed by atoms with Crippen molar-refractivity contribution in [1.29, 1.82) is 0 Å². The zero-order valence-electron chi connectivity index (χ0n) is 10.1. The molecule has 1 amide bonds. The van der Waals surface area contributed by atoms with E-state index >= 15 is 0 Å². The molecule has 0 saturated carbocycles. The minimum atomic E-state index is 0.0138. The molecule has 0 aromatic heterocycles. The van der Waals surface area contributed by atoms with Gasteiger partial charge in [0, 0.05) is 12.7 Å². The van der Waals surface area contributed by atoms with Gasteiger partial charge in [0.2, 0.25) is 5.91 Å². The maximum atomic E-state index is 11.4. The molecule has 0 saturated heterocycles. The molecule has 0 aliphatic heterocycles. The molecule has 1 aromatic rings. The average molecular weight is 237 g/mol. The Hall–Kier alpha value is -0.960. The van der Waals surface area contributed by atoms with Gasteiger partial charge < -0.3 is 4.90 Å². The van der Waals surface area contributed by atoms with E-state index in [4.69, 9.17) is 0 Å². The van der Waals surface area contributed by atoms with Crippen LogP contribution in [0.5, 0.6) is 0 Å². The van der Waals surface area contributed by atoms with Crippen LogP contribution in [0.3, 0.4) is 0 Å². The van der Waals surface area contributed by atoms with Gasteiger partial charge in [-0.15, -0.1) is 0 Å². The second kappa shape index (κ2) is 5.94. The predicted octanol–water partition coefficient (Wildman–Crippen LogP) is 2.78. The standard InChI is InChI=1S/C13H19NOS/c1-10(2)8-11-4-6-12(7-5-11)14(3)13(15)9-16/h4-7,10,16H,8-9H2,1-3H3. The van der Waals surface area contributed by atoms with Gasteiger partial charge in [0.15, 0.2) is 0 Å². The molecule has 88 valence electrons. The first kappa shape index (κ1) is 13.1. The van der Waals surface area contributed by atoms with Crippen LogP contribution in [-0.4, -0.2) is 18.7 Å². The Balaban J connectivity index is 2.74. The number of thiol groups is 1. The lowest BCUT2D eigenvalue weighted by Crippen LogP contribution is -2.27. The van der Waals surface area contributed by atoms with Crippen molar-refractivity contribution in [3.8, 4) is 0 Å². The molecule has 0 unspecified atom stereocenters. The summed E-state index contributed by atoms with van der Waals surface area (Å²) in [5.41, 5.74) is 2.23. The minimum absolute atomic E-state index is 0.0138. The van der Waals surface area contributed by atoms with Crippen LogP contribution in [0.4, 0.5) is 5.69 Å². The van der Waals surface area contributed by atoms with Gasteiger partial charge in [0.05, 0.1) is 5.75 Å². The van der Waals surface area contributed by atoms with Gasteiger partial charge in [0.1, 0.15) is 0 Å². The Morgan fingerprint density at radius 3 is 2.31 bits per heavy atom. The molecule has 0 N–H and O–H groups in total. The summed E-state index contributed by atoms with van der Waals surface area (Å²) in [6.45, 7) is 4.40. The van der Waals surface area contributed by atoms with Gasteiger partial charge in [-0.1, -0.05) is 26.0 Å². The van der Waals surface area contributed by atoms with E-state index in [9.17, 15) is 4.79 Å². The van der Waals surface area contributed by atoms with Crippen LogP contribution in [0.1, 0.15) is 19.4 Å². The molecular formula is C13H19NOS. The molecule has 16 heavy (non-hydrogen) atoms. The molecule has 0 aliphatic rings. The SMILES string of the molecule is CC(C)Cc1ccc(N(C)C(=O)CS)cc1. The van der Waals surface area contributed by atoms with Crippen LogP contribution in [0, 0.1) is 5.92 Å². The molecule has 0 heterocycles. The first-order valence-corrected chi connectivity index (χ1v) is 6.14. The van der Waals surface area contributed by atoms with Gasteiger partial charge >= 0.3 is 0 Å². The third-order valence-corrected chi connectivity index (χ3v) is 2.75. The lowest BCUT2D eigenvalue weighted by molar-refractivity contribution is -0.115. The van der Waals surface area contributed by atoms with Crippen molar-refractivity contribution < 1.29 is 4.79 Å². The second-order valence-electron chi connectivity index (χ2n) is 4.38. The van der Waals surface area contributed by atoms with E-state index in [1.807, 2.05) is 12.1 Å². The molecule has 0 spiro atoms. The topological polar surface area (TPSA) is 20.3 Å². The fourth-order valence-electron chi connectivity index (χ4n) is 1.58. The number of rotatable bonds is 4. The lowest BCUT2D eigenvalue weighted by atomic mass is 10.0. The molecule has 1 rings (SSSR count). The normalized spacial score (nSPS) is 10.6. The third-order valence-electron chi connectivity index (χ3n) is 2.48. The fourth-order valence-corrected chi connectivity index (χ4v) is 1.79. The van der Waals surface area contributed by atoms with Gasteiger partial charge in [-0.25, -0.2) is 0 Å². The quantitative estimate of drug-likeness (QED) is 0.798. The average Bonchev–Trinajstić information content (AvgIpc) is 2.27. The molecular weight excluding hydrogens is 218 g/mol. The molecule has 3 heteroatoms. The lowest BCUT2D eigenvalue weighted by Gasteiger charge is -2.16. The van der Waals surface area contributed by atoms with E-state index in [0.717, 1.165) is 12.1 Å². The zero-order valence-corrected chi connectivity index (χ0v) is 11.0. The van der Waals surface area contributed by atoms with Crippen molar-refractivity contribution >= 4 is 24.2 Å². The number of hydrogen-bond acceptors (Lipinski definition) is 2. The van der Waals surface area contributed by atoms with Crippen LogP contribution < -0.4 is 4.90 Å². The Bertz CT molecular complexity index is 345. The molecule has 0 radical (unpaired) electrons. The van der Waals surface area contributed by atoms with Gasteiger partial charge in [-0.2, -0.15) is 12.6 Å². The van der Waals surface area contributed by atoms with Crippen molar-refractivity contribution in [3.63, 3.8) is 0 Å². The number of carbonyl (C=O) groups excluding carboxylic acids is 1. The van der Waals surface area contributed by atoms with E-state index < -0.39 is 0 Å². The minimum Gasteiger partial charge on any atom is -0.315 e. The van der Waals surface area contributed by atoms with Crippen molar-refractivity contribution in [2.24, 2.45) is 5.92 Å². The van der Waals surface area contributed by atoms with E-state index in [1.54, 1.807) is 11.9 Å². The van der Waals surface area contributed by atoms with E-state index in [1.165, 1.54) is 5.56 Å². The van der Waals surface area contributed by atoms with Crippen LogP contribution >= 0.6 is 12.6 Å². The van der Waals surface area contributed by atoms with Crippen molar-refractivity contribution in [2.45, 2.75) is 20.3 Å². The highest BCUT2D eigenvalue weighted by Crippen LogP contribution is 2.16. The summed E-state index contributed by atoms with van der Waals surface area (Å²) in [5, 5.41) is 0. The second-order valence-corrected chi connectivity index (χ2v) is 4.69. The number of anilines is 1. The van der Waals surface area contributed by atoms with E-state index in [0.29, 0.717) is 5.92 Å². The first-order valence-electron chi connectivity index (χ1n) is 5.51. The van der Waals surface area contributed by atoms with E-state index in [-0.39, 0.29) is 11.7 Å². The smallest absolute Gasteiger partial charge is 0.236 e. The number of hydrogen-bond donors (Lipinski definition) is 1. The number of benzene rings is 1. The Kier molecular flexibility index (Phi) is 4.87. The number of amides is 1. The van der Waals surface area contributed by atoms with Gasteiger partial charge in [0.25, 0.3) is 0 Å². The Labute approximate surface area is 103 Å². The largest absolute Gasteiger partial charge is 0.315 e. The van der Waals surface area contributed by atoms with Crippen LogP contribution in [0.25, 0.3) is 0 Å². The van der Waals surface area contributed by atoms with E-state index in [2.05, 4.69) is 38.6 Å². The highest BCUT2D eigenvalue weighted by molar-refractivity contribution is 7.81. The summed E-state index contributed by atoms with van der Waals surface area (Å²) in [6.07, 6.45) is 1.07. The summed E-state index contributed by atoms with van der Waals surface area (Å²) < 4.78 is 0. The Morgan fingerprint density at radius 1 is 1.31 bits per heavy atom. The molecule has 0 fully saturated rings. The molecule has 0 bridgehead atoms. The van der Waals surface area contributed by atoms with Crippen LogP contribution in [-0.2, 0) is 11.2 Å². The van der Waals surface area contributed by atoms with Crippen molar-refractivity contribution in [3.05, 3.63) is 29.8 Å². The van der Waals surface area contributed by atoms with Crippen LogP contribution in [0.15, 0.2) is 24.3 Å². The first-order chi connectivity index (χ1) is 7.54. The fraction of sp³-hybridized carbons (Fsp3) is 0.462. The predicted molar refractivity (Wildman–Crippen MR) is 72.2 cm³/mol. The van der Waals surface area contributed by atoms with Crippen LogP contribution in [0.2, 0.25) is 0 Å². The molecule has 1 aromatic carbocycles. The summed E-state index contributed by atoms with van der Waals surface area (Å²) >= 11 is 3.98. The number of nitrogens with zero attached hydrogens (tertiary/aromatic N) is 1. The summed E-state index contributed by atoms with van der Waals surface area (Å²) in [4.78, 5) is 13.1. The highest BCUT2D eigenvalue weighted by atomic mass is 32.1. The third kappa shape index (κ3) is 3.56. The zero-order chi connectivity index (χ0) is 12.1. The van der Waals surface area contributed by atoms with Crippen molar-refractivity contribution in [1.82, 2.24) is 0 Å². The monoisotopic (exact) mass is 237 g/mol. The highest BCUT2D eigenvalue weighted by Gasteiger charge is 2.08. The molecule has 0 atom stereocenters. The summed E-state index contributed by atoms with van der Waals surface area (Å²) in [5.74, 6) is 0.909.